The molecule has 17 heavy (non-hydrogen) atoms. The van der Waals surface area contributed by atoms with Gasteiger partial charge in [-0.15, -0.1) is 0 Å². The fourth-order valence-corrected chi connectivity index (χ4v) is 3.21. The molecule has 0 heterocycles. The Labute approximate surface area is 103 Å². The van der Waals surface area contributed by atoms with Crippen LogP contribution in [0.15, 0.2) is 35.2 Å². The predicted octanol–water partition coefficient (Wildman–Crippen LogP) is 1.80. The first-order valence-electron chi connectivity index (χ1n) is 6.04. The van der Waals surface area contributed by atoms with E-state index in [0.29, 0.717) is 11.4 Å². The molecule has 1 fully saturated rings. The first-order chi connectivity index (χ1) is 8.08. The Morgan fingerprint density at radius 3 is 2.47 bits per heavy atom. The van der Waals surface area contributed by atoms with E-state index < -0.39 is 9.84 Å². The highest BCUT2D eigenvalue weighted by Gasteiger charge is 2.23. The zero-order valence-corrected chi connectivity index (χ0v) is 11.0. The maximum absolute atomic E-state index is 12.0. The Bertz CT molecular complexity index is 452. The second-order valence-electron chi connectivity index (χ2n) is 4.84. The van der Waals surface area contributed by atoms with Crippen molar-refractivity contribution in [1.82, 2.24) is 4.90 Å². The van der Waals surface area contributed by atoms with Crippen molar-refractivity contribution in [3.05, 3.63) is 30.3 Å². The summed E-state index contributed by atoms with van der Waals surface area (Å²) in [6, 6.07) is 8.69. The molecule has 1 saturated carbocycles. The molecule has 2 rings (SSSR count). The van der Waals surface area contributed by atoms with Crippen LogP contribution in [0.5, 0.6) is 0 Å². The van der Waals surface area contributed by atoms with E-state index in [1.807, 2.05) is 13.1 Å². The molecule has 0 spiro atoms. The Balaban J connectivity index is 1.88. The van der Waals surface area contributed by atoms with Crippen LogP contribution in [0.3, 0.4) is 0 Å². The molecule has 94 valence electrons. The predicted molar refractivity (Wildman–Crippen MR) is 68.7 cm³/mol. The Kier molecular flexibility index (Phi) is 3.84. The standard InChI is InChI=1S/C13H19NO2S/c1-14(11-12-7-8-12)9-10-17(15,16)13-5-3-2-4-6-13/h2-6,12H,7-11H2,1H3. The minimum atomic E-state index is -3.11. The van der Waals surface area contributed by atoms with Crippen molar-refractivity contribution in [3.63, 3.8) is 0 Å². The van der Waals surface area contributed by atoms with Crippen LogP contribution < -0.4 is 0 Å². The molecule has 0 N–H and O–H groups in total. The normalized spacial score (nSPS) is 16.4. The van der Waals surface area contributed by atoms with Crippen LogP contribution in [0.25, 0.3) is 0 Å². The van der Waals surface area contributed by atoms with Crippen LogP contribution in [0.2, 0.25) is 0 Å². The highest BCUT2D eigenvalue weighted by molar-refractivity contribution is 7.91. The SMILES string of the molecule is CN(CCS(=O)(=O)c1ccccc1)CC1CC1. The first kappa shape index (κ1) is 12.6. The molecule has 1 aliphatic carbocycles. The Hall–Kier alpha value is -0.870. The van der Waals surface area contributed by atoms with E-state index in [4.69, 9.17) is 0 Å². The highest BCUT2D eigenvalue weighted by Crippen LogP contribution is 2.29. The second-order valence-corrected chi connectivity index (χ2v) is 6.95. The number of rotatable bonds is 6. The van der Waals surface area contributed by atoms with Gasteiger partial charge < -0.3 is 4.90 Å². The van der Waals surface area contributed by atoms with E-state index in [1.165, 1.54) is 12.8 Å². The molecule has 0 aliphatic heterocycles. The van der Waals surface area contributed by atoms with Gasteiger partial charge in [-0.2, -0.15) is 0 Å². The lowest BCUT2D eigenvalue weighted by molar-refractivity contribution is 0.338. The summed E-state index contributed by atoms with van der Waals surface area (Å²) in [6.45, 7) is 1.65. The van der Waals surface area contributed by atoms with E-state index in [9.17, 15) is 8.42 Å². The smallest absolute Gasteiger partial charge is 0.179 e. The maximum atomic E-state index is 12.0. The number of sulfone groups is 1. The van der Waals surface area contributed by atoms with Crippen LogP contribution in [0.1, 0.15) is 12.8 Å². The molecule has 1 aliphatic rings. The Morgan fingerprint density at radius 2 is 1.88 bits per heavy atom. The van der Waals surface area contributed by atoms with Gasteiger partial charge >= 0.3 is 0 Å². The van der Waals surface area contributed by atoms with Gasteiger partial charge in [-0.3, -0.25) is 0 Å². The van der Waals surface area contributed by atoms with Crippen LogP contribution in [-0.4, -0.2) is 39.2 Å². The monoisotopic (exact) mass is 253 g/mol. The van der Waals surface area contributed by atoms with Gasteiger partial charge in [0.1, 0.15) is 0 Å². The third-order valence-corrected chi connectivity index (χ3v) is 4.82. The maximum Gasteiger partial charge on any atom is 0.179 e. The summed E-state index contributed by atoms with van der Waals surface area (Å²) in [6.07, 6.45) is 2.60. The average molecular weight is 253 g/mol. The fourth-order valence-electron chi connectivity index (χ4n) is 1.85. The molecule has 1 aromatic rings. The summed E-state index contributed by atoms with van der Waals surface area (Å²) in [7, 11) is -1.11. The zero-order valence-electron chi connectivity index (χ0n) is 10.2. The molecular weight excluding hydrogens is 234 g/mol. The first-order valence-corrected chi connectivity index (χ1v) is 7.69. The van der Waals surface area contributed by atoms with Crippen molar-refractivity contribution in [3.8, 4) is 0 Å². The second kappa shape index (κ2) is 5.19. The zero-order chi connectivity index (χ0) is 12.3. The lowest BCUT2D eigenvalue weighted by atomic mass is 10.4. The van der Waals surface area contributed by atoms with Crippen molar-refractivity contribution in [2.24, 2.45) is 5.92 Å². The lowest BCUT2D eigenvalue weighted by Crippen LogP contribution is -2.27. The number of hydrogen-bond donors (Lipinski definition) is 0. The largest absolute Gasteiger partial charge is 0.305 e. The van der Waals surface area contributed by atoms with E-state index in [-0.39, 0.29) is 5.75 Å². The molecule has 0 amide bonds. The van der Waals surface area contributed by atoms with Crippen molar-refractivity contribution in [2.45, 2.75) is 17.7 Å². The van der Waals surface area contributed by atoms with Gasteiger partial charge in [0.25, 0.3) is 0 Å². The summed E-state index contributed by atoms with van der Waals surface area (Å²) >= 11 is 0. The quantitative estimate of drug-likeness (QED) is 0.776. The topological polar surface area (TPSA) is 37.4 Å². The summed E-state index contributed by atoms with van der Waals surface area (Å²) in [5, 5.41) is 0. The van der Waals surface area contributed by atoms with Crippen LogP contribution >= 0.6 is 0 Å². The Morgan fingerprint density at radius 1 is 1.24 bits per heavy atom. The summed E-state index contributed by atoms with van der Waals surface area (Å²) in [5.74, 6) is 1.01. The molecule has 0 saturated heterocycles. The molecular formula is C13H19NO2S. The highest BCUT2D eigenvalue weighted by atomic mass is 32.2. The molecule has 0 aromatic heterocycles. The van der Waals surface area contributed by atoms with Crippen LogP contribution in [0.4, 0.5) is 0 Å². The van der Waals surface area contributed by atoms with E-state index >= 15 is 0 Å². The third-order valence-electron chi connectivity index (χ3n) is 3.11. The molecule has 1 aromatic carbocycles. The van der Waals surface area contributed by atoms with E-state index in [0.717, 1.165) is 12.5 Å². The van der Waals surface area contributed by atoms with Gasteiger partial charge in [-0.05, 0) is 37.9 Å². The van der Waals surface area contributed by atoms with Gasteiger partial charge in [-0.1, -0.05) is 18.2 Å². The third kappa shape index (κ3) is 3.82. The van der Waals surface area contributed by atoms with E-state index in [1.54, 1.807) is 24.3 Å². The van der Waals surface area contributed by atoms with Gasteiger partial charge in [-0.25, -0.2) is 8.42 Å². The van der Waals surface area contributed by atoms with Gasteiger partial charge in [0.05, 0.1) is 10.6 Å². The van der Waals surface area contributed by atoms with Crippen molar-refractivity contribution >= 4 is 9.84 Å². The molecule has 0 atom stereocenters. The molecule has 0 bridgehead atoms. The number of nitrogens with zero attached hydrogens (tertiary/aromatic N) is 1. The van der Waals surface area contributed by atoms with Crippen molar-refractivity contribution in [2.75, 3.05) is 25.9 Å². The average Bonchev–Trinajstić information content (AvgIpc) is 3.12. The molecule has 0 unspecified atom stereocenters. The van der Waals surface area contributed by atoms with Crippen LogP contribution in [-0.2, 0) is 9.84 Å². The van der Waals surface area contributed by atoms with Crippen molar-refractivity contribution < 1.29 is 8.42 Å². The summed E-state index contributed by atoms with van der Waals surface area (Å²) < 4.78 is 24.0. The van der Waals surface area contributed by atoms with E-state index in [2.05, 4.69) is 4.90 Å². The minimum Gasteiger partial charge on any atom is -0.305 e. The fraction of sp³-hybridized carbons (Fsp3) is 0.538. The van der Waals surface area contributed by atoms with Crippen LogP contribution in [0, 0.1) is 5.92 Å². The lowest BCUT2D eigenvalue weighted by Gasteiger charge is -2.15. The van der Waals surface area contributed by atoms with Gasteiger partial charge in [0.15, 0.2) is 9.84 Å². The number of benzene rings is 1. The molecule has 4 heteroatoms. The van der Waals surface area contributed by atoms with Gasteiger partial charge in [0, 0.05) is 13.1 Å². The van der Waals surface area contributed by atoms with Gasteiger partial charge in [0.2, 0.25) is 0 Å². The minimum absolute atomic E-state index is 0.209. The molecule has 0 radical (unpaired) electrons. The van der Waals surface area contributed by atoms with Crippen molar-refractivity contribution in [1.29, 1.82) is 0 Å². The summed E-state index contributed by atoms with van der Waals surface area (Å²) in [4.78, 5) is 2.55. The summed E-state index contributed by atoms with van der Waals surface area (Å²) in [5.41, 5.74) is 0. The number of hydrogen-bond acceptors (Lipinski definition) is 3. The molecule has 3 nitrogen and oxygen atoms in total.